The molecule has 6 heteroatoms. The highest BCUT2D eigenvalue weighted by Crippen LogP contribution is 2.24. The number of hydrogen-bond acceptors (Lipinski definition) is 5. The smallest absolute Gasteiger partial charge is 0.228 e. The van der Waals surface area contributed by atoms with Gasteiger partial charge in [0.15, 0.2) is 0 Å². The summed E-state index contributed by atoms with van der Waals surface area (Å²) in [6, 6.07) is 8.05. The molecule has 1 amide bonds. The second-order valence-electron chi connectivity index (χ2n) is 6.09. The van der Waals surface area contributed by atoms with Crippen LogP contribution in [0.2, 0.25) is 0 Å². The summed E-state index contributed by atoms with van der Waals surface area (Å²) in [6.07, 6.45) is 2.47. The first kappa shape index (κ1) is 14.4. The van der Waals surface area contributed by atoms with Crippen LogP contribution < -0.4 is 4.90 Å². The highest BCUT2D eigenvalue weighted by Gasteiger charge is 2.30. The molecule has 6 nitrogen and oxygen atoms in total. The molecule has 2 aromatic rings. The summed E-state index contributed by atoms with van der Waals surface area (Å²) in [4.78, 5) is 25.5. The van der Waals surface area contributed by atoms with Crippen molar-refractivity contribution in [1.29, 1.82) is 0 Å². The molecule has 2 aliphatic rings. The van der Waals surface area contributed by atoms with Crippen molar-refractivity contribution >= 4 is 22.6 Å². The predicted octanol–water partition coefficient (Wildman–Crippen LogP) is 1.31. The Hall–Kier alpha value is -2.21. The summed E-state index contributed by atoms with van der Waals surface area (Å²) in [7, 11) is 0. The summed E-state index contributed by atoms with van der Waals surface area (Å²) >= 11 is 0. The second-order valence-corrected chi connectivity index (χ2v) is 6.09. The van der Waals surface area contributed by atoms with Gasteiger partial charge in [-0.25, -0.2) is 9.97 Å². The number of benzene rings is 1. The maximum Gasteiger partial charge on any atom is 0.228 e. The number of carbonyl (C=O) groups is 1. The summed E-state index contributed by atoms with van der Waals surface area (Å²) in [5.41, 5.74) is 0.958. The summed E-state index contributed by atoms with van der Waals surface area (Å²) in [5.74, 6) is 1.27. The van der Waals surface area contributed by atoms with Crippen LogP contribution in [0.1, 0.15) is 6.42 Å². The van der Waals surface area contributed by atoms with E-state index in [1.54, 1.807) is 6.33 Å². The lowest BCUT2D eigenvalue weighted by molar-refractivity contribution is -0.135. The normalized spacial score (nSPS) is 21.8. The Kier molecular flexibility index (Phi) is 3.83. The van der Waals surface area contributed by atoms with E-state index in [9.17, 15) is 4.79 Å². The van der Waals surface area contributed by atoms with Gasteiger partial charge in [0.1, 0.15) is 12.1 Å². The van der Waals surface area contributed by atoms with Crippen LogP contribution in [0.5, 0.6) is 0 Å². The van der Waals surface area contributed by atoms with Crippen molar-refractivity contribution in [1.82, 2.24) is 14.9 Å². The number of nitrogens with zero attached hydrogens (tertiary/aromatic N) is 4. The van der Waals surface area contributed by atoms with Crippen molar-refractivity contribution in [2.45, 2.75) is 6.42 Å². The zero-order valence-corrected chi connectivity index (χ0v) is 13.0. The number of carbonyl (C=O) groups excluding carboxylic acids is 1. The number of piperazine rings is 1. The quantitative estimate of drug-likeness (QED) is 0.837. The molecule has 4 rings (SSSR count). The number of fused-ring (bicyclic) bond motifs is 1. The first-order chi connectivity index (χ1) is 11.3. The molecule has 23 heavy (non-hydrogen) atoms. The number of anilines is 1. The molecule has 0 spiro atoms. The van der Waals surface area contributed by atoms with Gasteiger partial charge >= 0.3 is 0 Å². The molecular formula is C17H20N4O2. The van der Waals surface area contributed by atoms with Gasteiger partial charge < -0.3 is 14.5 Å². The van der Waals surface area contributed by atoms with Gasteiger partial charge in [-0.1, -0.05) is 12.1 Å². The Morgan fingerprint density at radius 1 is 1.13 bits per heavy atom. The van der Waals surface area contributed by atoms with Gasteiger partial charge in [0.25, 0.3) is 0 Å². The van der Waals surface area contributed by atoms with E-state index >= 15 is 0 Å². The van der Waals surface area contributed by atoms with Crippen molar-refractivity contribution in [3.63, 3.8) is 0 Å². The standard InChI is InChI=1S/C17H20N4O2/c22-17(13-5-10-23-11-13)21-8-6-20(7-9-21)16-14-3-1-2-4-15(14)18-12-19-16/h1-4,12-13H,5-11H2. The minimum Gasteiger partial charge on any atom is -0.381 e. The van der Waals surface area contributed by atoms with Crippen LogP contribution in [0.15, 0.2) is 30.6 Å². The summed E-state index contributed by atoms with van der Waals surface area (Å²) < 4.78 is 5.33. The number of aromatic nitrogens is 2. The zero-order valence-electron chi connectivity index (χ0n) is 13.0. The Labute approximate surface area is 135 Å². The summed E-state index contributed by atoms with van der Waals surface area (Å²) in [5, 5.41) is 1.07. The molecule has 0 bridgehead atoms. The molecular weight excluding hydrogens is 292 g/mol. The van der Waals surface area contributed by atoms with E-state index < -0.39 is 0 Å². The van der Waals surface area contributed by atoms with Gasteiger partial charge in [0, 0.05) is 38.2 Å². The van der Waals surface area contributed by atoms with Gasteiger partial charge in [-0.2, -0.15) is 0 Å². The van der Waals surface area contributed by atoms with Crippen LogP contribution in [0.4, 0.5) is 5.82 Å². The minimum absolute atomic E-state index is 0.0569. The zero-order chi connectivity index (χ0) is 15.6. The van der Waals surface area contributed by atoms with Gasteiger partial charge in [0.05, 0.1) is 18.0 Å². The maximum absolute atomic E-state index is 12.5. The second kappa shape index (κ2) is 6.12. The topological polar surface area (TPSA) is 58.6 Å². The number of rotatable bonds is 2. The highest BCUT2D eigenvalue weighted by atomic mass is 16.5. The van der Waals surface area contributed by atoms with E-state index in [2.05, 4.69) is 20.9 Å². The number of ether oxygens (including phenoxy) is 1. The van der Waals surface area contributed by atoms with Gasteiger partial charge in [-0.05, 0) is 18.6 Å². The van der Waals surface area contributed by atoms with Crippen molar-refractivity contribution < 1.29 is 9.53 Å². The lowest BCUT2D eigenvalue weighted by atomic mass is 10.1. The van der Waals surface area contributed by atoms with Gasteiger partial charge in [-0.3, -0.25) is 4.79 Å². The fourth-order valence-electron chi connectivity index (χ4n) is 3.37. The van der Waals surface area contributed by atoms with E-state index in [4.69, 9.17) is 4.74 Å². The third kappa shape index (κ3) is 2.74. The Morgan fingerprint density at radius 3 is 2.74 bits per heavy atom. The van der Waals surface area contributed by atoms with Crippen LogP contribution in [-0.4, -0.2) is 60.2 Å². The average Bonchev–Trinajstić information content (AvgIpc) is 3.15. The number of para-hydroxylation sites is 1. The maximum atomic E-state index is 12.5. The fourth-order valence-corrected chi connectivity index (χ4v) is 3.37. The largest absolute Gasteiger partial charge is 0.381 e. The van der Waals surface area contributed by atoms with Crippen LogP contribution in [0.3, 0.4) is 0 Å². The van der Waals surface area contributed by atoms with Crippen molar-refractivity contribution in [3.05, 3.63) is 30.6 Å². The van der Waals surface area contributed by atoms with Crippen molar-refractivity contribution in [2.75, 3.05) is 44.3 Å². The Balaban J connectivity index is 1.47. The molecule has 0 N–H and O–H groups in total. The molecule has 1 aromatic heterocycles. The third-order valence-corrected chi connectivity index (χ3v) is 4.69. The lowest BCUT2D eigenvalue weighted by Gasteiger charge is -2.36. The first-order valence-corrected chi connectivity index (χ1v) is 8.14. The molecule has 1 atom stereocenters. The van der Waals surface area contributed by atoms with Crippen molar-refractivity contribution in [3.8, 4) is 0 Å². The van der Waals surface area contributed by atoms with Gasteiger partial charge in [-0.15, -0.1) is 0 Å². The van der Waals surface area contributed by atoms with Crippen LogP contribution >= 0.6 is 0 Å². The predicted molar refractivity (Wildman–Crippen MR) is 87.3 cm³/mol. The molecule has 1 aromatic carbocycles. The Bertz CT molecular complexity index is 701. The molecule has 120 valence electrons. The Morgan fingerprint density at radius 2 is 1.96 bits per heavy atom. The molecule has 0 radical (unpaired) electrons. The lowest BCUT2D eigenvalue weighted by Crippen LogP contribution is -2.50. The number of amides is 1. The van der Waals surface area contributed by atoms with Crippen molar-refractivity contribution in [2.24, 2.45) is 5.92 Å². The van der Waals surface area contributed by atoms with E-state index in [0.29, 0.717) is 13.2 Å². The van der Waals surface area contributed by atoms with E-state index in [-0.39, 0.29) is 11.8 Å². The minimum atomic E-state index is 0.0569. The molecule has 2 aliphatic heterocycles. The highest BCUT2D eigenvalue weighted by molar-refractivity contribution is 5.89. The molecule has 0 saturated carbocycles. The molecule has 1 unspecified atom stereocenters. The SMILES string of the molecule is O=C(C1CCOC1)N1CCN(c2ncnc3ccccc23)CC1. The monoisotopic (exact) mass is 312 g/mol. The summed E-state index contributed by atoms with van der Waals surface area (Å²) in [6.45, 7) is 4.39. The van der Waals surface area contributed by atoms with Crippen LogP contribution in [-0.2, 0) is 9.53 Å². The fraction of sp³-hybridized carbons (Fsp3) is 0.471. The molecule has 3 heterocycles. The van der Waals surface area contributed by atoms with E-state index in [1.807, 2.05) is 23.1 Å². The first-order valence-electron chi connectivity index (χ1n) is 8.14. The van der Waals surface area contributed by atoms with Gasteiger partial charge in [0.2, 0.25) is 5.91 Å². The third-order valence-electron chi connectivity index (χ3n) is 4.69. The molecule has 0 aliphatic carbocycles. The van der Waals surface area contributed by atoms with E-state index in [0.717, 1.165) is 49.3 Å². The van der Waals surface area contributed by atoms with Crippen LogP contribution in [0.25, 0.3) is 10.9 Å². The average molecular weight is 312 g/mol. The number of hydrogen-bond donors (Lipinski definition) is 0. The van der Waals surface area contributed by atoms with Crippen LogP contribution in [0, 0.1) is 5.92 Å². The van der Waals surface area contributed by atoms with E-state index in [1.165, 1.54) is 0 Å². The molecule has 2 fully saturated rings. The molecule has 2 saturated heterocycles.